The molecular formula is C28H23ClN4O4. The van der Waals surface area contributed by atoms with Gasteiger partial charge < -0.3 is 15.1 Å². The Morgan fingerprint density at radius 3 is 2.19 bits per heavy atom. The van der Waals surface area contributed by atoms with Crippen LogP contribution in [0.3, 0.4) is 0 Å². The van der Waals surface area contributed by atoms with Crippen LogP contribution in [0.25, 0.3) is 10.8 Å². The molecule has 8 nitrogen and oxygen atoms in total. The quantitative estimate of drug-likeness (QED) is 0.275. The van der Waals surface area contributed by atoms with Crippen molar-refractivity contribution < 1.29 is 14.5 Å². The second kappa shape index (κ2) is 10.3. The number of nitro benzene ring substituents is 1. The number of piperazine rings is 1. The highest BCUT2D eigenvalue weighted by molar-refractivity contribution is 6.32. The zero-order valence-electron chi connectivity index (χ0n) is 19.8. The summed E-state index contributed by atoms with van der Waals surface area (Å²) in [6, 6.07) is 25.1. The Hall–Kier alpha value is -4.43. The van der Waals surface area contributed by atoms with E-state index >= 15 is 0 Å². The normalized spacial score (nSPS) is 13.4. The molecule has 0 spiro atoms. The minimum atomic E-state index is -0.622. The number of amides is 2. The van der Waals surface area contributed by atoms with Crippen LogP contribution in [0.15, 0.2) is 84.9 Å². The monoisotopic (exact) mass is 514 g/mol. The van der Waals surface area contributed by atoms with Crippen molar-refractivity contribution in [3.05, 3.63) is 111 Å². The first kappa shape index (κ1) is 24.3. The van der Waals surface area contributed by atoms with Gasteiger partial charge in [0.05, 0.1) is 4.92 Å². The standard InChI is InChI=1S/C28H23ClN4O4/c29-25-12-7-21(18-26(25)33(36)37)27(34)30-23-8-10-24(11-9-23)31-13-15-32(16-14-31)28(35)22-6-5-19-3-1-2-4-20(19)17-22/h1-12,17-18H,13-16H2,(H,30,34). The maximum Gasteiger partial charge on any atom is 0.288 e. The molecule has 0 unspecified atom stereocenters. The number of nitrogens with one attached hydrogen (secondary N) is 1. The topological polar surface area (TPSA) is 95.8 Å². The largest absolute Gasteiger partial charge is 0.368 e. The van der Waals surface area contributed by atoms with Gasteiger partial charge in [0.15, 0.2) is 0 Å². The average Bonchev–Trinajstić information content (AvgIpc) is 2.93. The van der Waals surface area contributed by atoms with Gasteiger partial charge in [-0.3, -0.25) is 19.7 Å². The summed E-state index contributed by atoms with van der Waals surface area (Å²) >= 11 is 5.83. The lowest BCUT2D eigenvalue weighted by Gasteiger charge is -2.36. The minimum Gasteiger partial charge on any atom is -0.368 e. The number of anilines is 2. The van der Waals surface area contributed by atoms with Crippen LogP contribution in [0.1, 0.15) is 20.7 Å². The van der Waals surface area contributed by atoms with Crippen LogP contribution < -0.4 is 10.2 Å². The Bertz CT molecular complexity index is 1500. The number of carbonyl (C=O) groups is 2. The highest BCUT2D eigenvalue weighted by atomic mass is 35.5. The van der Waals surface area contributed by atoms with Crippen LogP contribution in [0.4, 0.5) is 17.1 Å². The molecule has 0 atom stereocenters. The summed E-state index contributed by atoms with van der Waals surface area (Å²) in [7, 11) is 0. The lowest BCUT2D eigenvalue weighted by molar-refractivity contribution is -0.384. The van der Waals surface area contributed by atoms with Crippen molar-refractivity contribution in [2.24, 2.45) is 0 Å². The fourth-order valence-electron chi connectivity index (χ4n) is 4.43. The van der Waals surface area contributed by atoms with Gasteiger partial charge in [-0.15, -0.1) is 0 Å². The molecule has 0 aliphatic carbocycles. The Balaban J connectivity index is 1.19. The summed E-state index contributed by atoms with van der Waals surface area (Å²) in [6.45, 7) is 2.61. The first-order valence-electron chi connectivity index (χ1n) is 11.8. The number of rotatable bonds is 5. The third kappa shape index (κ3) is 5.24. The lowest BCUT2D eigenvalue weighted by atomic mass is 10.1. The maximum atomic E-state index is 13.1. The molecule has 1 aliphatic heterocycles. The van der Waals surface area contributed by atoms with Gasteiger partial charge in [-0.1, -0.05) is 41.9 Å². The second-order valence-electron chi connectivity index (χ2n) is 8.77. The molecular weight excluding hydrogens is 492 g/mol. The molecule has 0 bridgehead atoms. The number of nitrogens with zero attached hydrogens (tertiary/aromatic N) is 3. The predicted molar refractivity (Wildman–Crippen MR) is 145 cm³/mol. The molecule has 1 heterocycles. The fourth-order valence-corrected chi connectivity index (χ4v) is 4.61. The van der Waals surface area contributed by atoms with Gasteiger partial charge in [-0.25, -0.2) is 0 Å². The smallest absolute Gasteiger partial charge is 0.288 e. The fraction of sp³-hybridized carbons (Fsp3) is 0.143. The minimum absolute atomic E-state index is 0.0232. The summed E-state index contributed by atoms with van der Waals surface area (Å²) < 4.78 is 0. The molecule has 5 rings (SSSR count). The predicted octanol–water partition coefficient (Wildman–Crippen LogP) is 5.62. The van der Waals surface area contributed by atoms with Gasteiger partial charge in [0.25, 0.3) is 17.5 Å². The number of halogens is 1. The Labute approximate surface area is 218 Å². The van der Waals surface area contributed by atoms with E-state index in [4.69, 9.17) is 11.6 Å². The molecule has 186 valence electrons. The van der Waals surface area contributed by atoms with Crippen molar-refractivity contribution >= 4 is 51.2 Å². The highest BCUT2D eigenvalue weighted by Crippen LogP contribution is 2.26. The van der Waals surface area contributed by atoms with Crippen molar-refractivity contribution in [2.45, 2.75) is 0 Å². The molecule has 1 saturated heterocycles. The van der Waals surface area contributed by atoms with E-state index in [0.29, 0.717) is 37.4 Å². The van der Waals surface area contributed by atoms with Gasteiger partial charge in [0.2, 0.25) is 0 Å². The molecule has 4 aromatic rings. The van der Waals surface area contributed by atoms with Crippen LogP contribution in [0.5, 0.6) is 0 Å². The van der Waals surface area contributed by atoms with Crippen molar-refractivity contribution in [1.29, 1.82) is 0 Å². The van der Waals surface area contributed by atoms with Crippen LogP contribution in [0, 0.1) is 10.1 Å². The summed E-state index contributed by atoms with van der Waals surface area (Å²) in [4.78, 5) is 40.1. The number of fused-ring (bicyclic) bond motifs is 1. The summed E-state index contributed by atoms with van der Waals surface area (Å²) in [6.07, 6.45) is 0. The van der Waals surface area contributed by atoms with Crippen molar-refractivity contribution in [3.8, 4) is 0 Å². The van der Waals surface area contributed by atoms with Crippen molar-refractivity contribution in [2.75, 3.05) is 36.4 Å². The van der Waals surface area contributed by atoms with Gasteiger partial charge in [-0.05, 0) is 59.3 Å². The molecule has 1 fully saturated rings. The zero-order chi connectivity index (χ0) is 25.9. The number of carbonyl (C=O) groups excluding carboxylic acids is 2. The third-order valence-corrected chi connectivity index (χ3v) is 6.78. The van der Waals surface area contributed by atoms with Crippen LogP contribution in [-0.2, 0) is 0 Å². The highest BCUT2D eigenvalue weighted by Gasteiger charge is 2.23. The third-order valence-electron chi connectivity index (χ3n) is 6.46. The summed E-state index contributed by atoms with van der Waals surface area (Å²) in [5, 5.41) is 16.0. The molecule has 9 heteroatoms. The van der Waals surface area contributed by atoms with Gasteiger partial charge >= 0.3 is 0 Å². The van der Waals surface area contributed by atoms with Gasteiger partial charge in [0, 0.05) is 54.7 Å². The first-order chi connectivity index (χ1) is 17.9. The van der Waals surface area contributed by atoms with E-state index in [9.17, 15) is 19.7 Å². The van der Waals surface area contributed by atoms with E-state index < -0.39 is 10.8 Å². The Morgan fingerprint density at radius 2 is 1.49 bits per heavy atom. The van der Waals surface area contributed by atoms with E-state index in [1.165, 1.54) is 12.1 Å². The van der Waals surface area contributed by atoms with Gasteiger partial charge in [0.1, 0.15) is 5.02 Å². The maximum absolute atomic E-state index is 13.1. The zero-order valence-corrected chi connectivity index (χ0v) is 20.5. The molecule has 0 aromatic heterocycles. The lowest BCUT2D eigenvalue weighted by Crippen LogP contribution is -2.48. The average molecular weight is 515 g/mol. The Morgan fingerprint density at radius 1 is 0.811 bits per heavy atom. The molecule has 0 saturated carbocycles. The van der Waals surface area contributed by atoms with Gasteiger partial charge in [-0.2, -0.15) is 0 Å². The molecule has 2 amide bonds. The van der Waals surface area contributed by atoms with Crippen molar-refractivity contribution in [1.82, 2.24) is 4.90 Å². The van der Waals surface area contributed by atoms with E-state index in [1.54, 1.807) is 12.1 Å². The SMILES string of the molecule is O=C(Nc1ccc(N2CCN(C(=O)c3ccc4ccccc4c3)CC2)cc1)c1ccc(Cl)c([N+](=O)[O-])c1. The number of hydrogen-bond donors (Lipinski definition) is 1. The summed E-state index contributed by atoms with van der Waals surface area (Å²) in [5.74, 6) is -0.431. The Kier molecular flexibility index (Phi) is 6.74. The number of nitro groups is 1. The molecule has 4 aromatic carbocycles. The summed E-state index contributed by atoms with van der Waals surface area (Å²) in [5.41, 5.74) is 2.07. The molecule has 0 radical (unpaired) electrons. The molecule has 1 aliphatic rings. The van der Waals surface area contributed by atoms with Crippen LogP contribution in [-0.4, -0.2) is 47.8 Å². The van der Waals surface area contributed by atoms with Crippen molar-refractivity contribution in [3.63, 3.8) is 0 Å². The van der Waals surface area contributed by atoms with E-state index in [-0.39, 0.29) is 22.2 Å². The van der Waals surface area contributed by atoms with Crippen LogP contribution in [0.2, 0.25) is 5.02 Å². The number of benzene rings is 4. The van der Waals surface area contributed by atoms with E-state index in [1.807, 2.05) is 59.5 Å². The molecule has 1 N–H and O–H groups in total. The van der Waals surface area contributed by atoms with Crippen LogP contribution >= 0.6 is 11.6 Å². The van der Waals surface area contributed by atoms with E-state index in [0.717, 1.165) is 22.5 Å². The first-order valence-corrected chi connectivity index (χ1v) is 12.2. The number of hydrogen-bond acceptors (Lipinski definition) is 5. The second-order valence-corrected chi connectivity index (χ2v) is 9.17. The van der Waals surface area contributed by atoms with E-state index in [2.05, 4.69) is 10.2 Å². The molecule has 37 heavy (non-hydrogen) atoms.